The van der Waals surface area contributed by atoms with Crippen LogP contribution in [0, 0.1) is 28.6 Å². The van der Waals surface area contributed by atoms with Crippen molar-refractivity contribution in [3.63, 3.8) is 0 Å². The van der Waals surface area contributed by atoms with Crippen molar-refractivity contribution in [2.45, 2.75) is 89.9 Å². The van der Waals surface area contributed by atoms with E-state index in [-0.39, 0.29) is 35.7 Å². The lowest BCUT2D eigenvalue weighted by Crippen LogP contribution is -2.64. The number of amides is 1. The van der Waals surface area contributed by atoms with Crippen LogP contribution < -0.4 is 5.32 Å². The molecule has 0 bridgehead atoms. The maximum absolute atomic E-state index is 15.8. The number of carbonyl (C=O) groups is 4. The first-order valence-corrected chi connectivity index (χ1v) is 14.8. The standard InChI is InChI=1S/C33H38FNO8/c1-17-13-21-22-15-24(34)23-14-20(36)11-12-30(23,5)33(22)25(41-33)16-31(21,6)32(17,27(38)39)42-26(37)18-7-9-19(10-8-18)35-28(40)43-29(2,3)4/h7-12,14,17,21-22,24-25H,13,15-16H2,1-6H3,(H,35,40)(H,38,39)/t17-,21?,22?,24+,25+,30+,31+,32+,33-/m1/s1. The number of anilines is 1. The third-order valence-corrected chi connectivity index (χ3v) is 10.8. The summed E-state index contributed by atoms with van der Waals surface area (Å²) >= 11 is 0. The molecule has 0 radical (unpaired) electrons. The topological polar surface area (TPSA) is 132 Å². The minimum absolute atomic E-state index is 0.113. The molecule has 5 aliphatic rings. The van der Waals surface area contributed by atoms with Crippen LogP contribution in [0.15, 0.2) is 48.1 Å². The van der Waals surface area contributed by atoms with E-state index in [4.69, 9.17) is 14.2 Å². The summed E-state index contributed by atoms with van der Waals surface area (Å²) in [5, 5.41) is 13.4. The number of ether oxygens (including phenoxy) is 3. The quantitative estimate of drug-likeness (QED) is 0.337. The molecule has 230 valence electrons. The predicted molar refractivity (Wildman–Crippen MR) is 153 cm³/mol. The van der Waals surface area contributed by atoms with Gasteiger partial charge in [-0.15, -0.1) is 0 Å². The van der Waals surface area contributed by atoms with Crippen molar-refractivity contribution in [3.8, 4) is 0 Å². The van der Waals surface area contributed by atoms with Gasteiger partial charge in [-0.05, 0) is 101 Å². The summed E-state index contributed by atoms with van der Waals surface area (Å²) in [5.41, 5.74) is -4.20. The monoisotopic (exact) mass is 595 g/mol. The molecule has 9 nitrogen and oxygen atoms in total. The van der Waals surface area contributed by atoms with Crippen molar-refractivity contribution in [2.75, 3.05) is 5.32 Å². The zero-order valence-electron chi connectivity index (χ0n) is 25.2. The Morgan fingerprint density at radius 1 is 1.09 bits per heavy atom. The number of esters is 1. The van der Waals surface area contributed by atoms with Gasteiger partial charge < -0.3 is 19.3 Å². The number of fused-ring (bicyclic) bond motifs is 3. The molecule has 1 saturated heterocycles. The van der Waals surface area contributed by atoms with E-state index in [9.17, 15) is 24.3 Å². The summed E-state index contributed by atoms with van der Waals surface area (Å²) < 4.78 is 33.6. The van der Waals surface area contributed by atoms with Crippen molar-refractivity contribution in [1.29, 1.82) is 0 Å². The van der Waals surface area contributed by atoms with Crippen LogP contribution in [0.1, 0.15) is 71.2 Å². The lowest BCUT2D eigenvalue weighted by Gasteiger charge is -2.56. The number of carbonyl (C=O) groups excluding carboxylic acids is 3. The number of carboxylic acids is 1. The van der Waals surface area contributed by atoms with E-state index in [2.05, 4.69) is 5.32 Å². The molecule has 10 heteroatoms. The van der Waals surface area contributed by atoms with Gasteiger partial charge >= 0.3 is 18.0 Å². The van der Waals surface area contributed by atoms with Crippen LogP contribution in [0.3, 0.4) is 0 Å². The van der Waals surface area contributed by atoms with E-state index in [0.717, 1.165) is 0 Å². The highest BCUT2D eigenvalue weighted by Gasteiger charge is 2.84. The number of rotatable bonds is 4. The van der Waals surface area contributed by atoms with E-state index in [0.29, 0.717) is 24.1 Å². The molecule has 1 aromatic carbocycles. The summed E-state index contributed by atoms with van der Waals surface area (Å²) in [6.45, 7) is 10.8. The third kappa shape index (κ3) is 4.05. The Morgan fingerprint density at radius 2 is 1.77 bits per heavy atom. The van der Waals surface area contributed by atoms with E-state index < -0.39 is 57.8 Å². The van der Waals surface area contributed by atoms with Gasteiger partial charge in [-0.2, -0.15) is 0 Å². The number of aliphatic carboxylic acids is 1. The van der Waals surface area contributed by atoms with E-state index in [1.165, 1.54) is 36.4 Å². The largest absolute Gasteiger partial charge is 0.478 e. The lowest BCUT2D eigenvalue weighted by atomic mass is 9.46. The van der Waals surface area contributed by atoms with Crippen molar-refractivity contribution in [3.05, 3.63) is 53.6 Å². The Hall–Kier alpha value is -3.53. The van der Waals surface area contributed by atoms with Gasteiger partial charge in [-0.25, -0.2) is 18.8 Å². The highest BCUT2D eigenvalue weighted by atomic mass is 19.1. The minimum atomic E-state index is -1.87. The number of hydrogen-bond acceptors (Lipinski definition) is 7. The molecule has 2 unspecified atom stereocenters. The smallest absolute Gasteiger partial charge is 0.412 e. The first-order chi connectivity index (χ1) is 20.0. The lowest BCUT2D eigenvalue weighted by molar-refractivity contribution is -0.185. The second-order valence-electron chi connectivity index (χ2n) is 14.2. The van der Waals surface area contributed by atoms with Crippen LogP contribution in [0.4, 0.5) is 14.9 Å². The number of alkyl halides is 1. The summed E-state index contributed by atoms with van der Waals surface area (Å²) in [6, 6.07) is 5.95. The Morgan fingerprint density at radius 3 is 2.40 bits per heavy atom. The van der Waals surface area contributed by atoms with Crippen LogP contribution in [0.25, 0.3) is 0 Å². The molecule has 1 amide bonds. The number of epoxide rings is 1. The molecular formula is C33H38FNO8. The fourth-order valence-electron chi connectivity index (χ4n) is 8.99. The van der Waals surface area contributed by atoms with Crippen LogP contribution in [-0.2, 0) is 23.8 Å². The summed E-state index contributed by atoms with van der Waals surface area (Å²) in [4.78, 5) is 51.0. The second kappa shape index (κ2) is 9.24. The van der Waals surface area contributed by atoms with Crippen LogP contribution in [0.5, 0.6) is 0 Å². The second-order valence-corrected chi connectivity index (χ2v) is 14.2. The van der Waals surface area contributed by atoms with Gasteiger partial charge in [0, 0.05) is 22.4 Å². The minimum Gasteiger partial charge on any atom is -0.478 e. The molecular weight excluding hydrogens is 557 g/mol. The number of benzene rings is 1. The molecule has 0 aromatic heterocycles. The molecule has 3 saturated carbocycles. The van der Waals surface area contributed by atoms with Crippen molar-refractivity contribution in [2.24, 2.45) is 28.6 Å². The Labute approximate surface area is 249 Å². The molecule has 1 heterocycles. The highest BCUT2D eigenvalue weighted by Crippen LogP contribution is 2.77. The average molecular weight is 596 g/mol. The van der Waals surface area contributed by atoms with Crippen molar-refractivity contribution in [1.82, 2.24) is 0 Å². The number of hydrogen-bond donors (Lipinski definition) is 2. The SMILES string of the molecule is C[C@@H]1CC2C3C[C@H](F)C4=CC(=O)C=C[C@]4(C)[C@@]34O[C@H]4C[C@]2(C)[C@@]1(OC(=O)c1ccc(NC(=O)OC(C)(C)C)cc1)C(=O)O. The third-order valence-electron chi connectivity index (χ3n) is 10.8. The Bertz CT molecular complexity index is 1480. The summed E-state index contributed by atoms with van der Waals surface area (Å²) in [6.07, 6.45) is 3.07. The molecule has 1 spiro atoms. The van der Waals surface area contributed by atoms with E-state index >= 15 is 4.39 Å². The summed E-state index contributed by atoms with van der Waals surface area (Å²) in [5.74, 6) is -3.47. The number of carboxylic acid groups (broad SMARTS) is 1. The number of allylic oxidation sites excluding steroid dienone is 2. The average Bonchev–Trinajstić information content (AvgIpc) is 3.58. The zero-order valence-corrected chi connectivity index (χ0v) is 25.2. The zero-order chi connectivity index (χ0) is 31.3. The van der Waals surface area contributed by atoms with E-state index in [1.54, 1.807) is 33.8 Å². The molecule has 43 heavy (non-hydrogen) atoms. The summed E-state index contributed by atoms with van der Waals surface area (Å²) in [7, 11) is 0. The molecule has 1 aliphatic heterocycles. The highest BCUT2D eigenvalue weighted by molar-refractivity contribution is 6.01. The molecule has 2 N–H and O–H groups in total. The van der Waals surface area contributed by atoms with Gasteiger partial charge in [-0.3, -0.25) is 10.1 Å². The first-order valence-electron chi connectivity index (χ1n) is 14.8. The van der Waals surface area contributed by atoms with Crippen LogP contribution in [-0.4, -0.2) is 58.0 Å². The Balaban J connectivity index is 1.28. The number of nitrogens with one attached hydrogen (secondary N) is 1. The van der Waals surface area contributed by atoms with Gasteiger partial charge in [0.15, 0.2) is 5.78 Å². The van der Waals surface area contributed by atoms with Gasteiger partial charge in [0.25, 0.3) is 0 Å². The number of ketones is 1. The fourth-order valence-corrected chi connectivity index (χ4v) is 8.99. The maximum atomic E-state index is 15.8. The van der Waals surface area contributed by atoms with Crippen molar-refractivity contribution >= 4 is 29.5 Å². The predicted octanol–water partition coefficient (Wildman–Crippen LogP) is 5.65. The normalized spacial score (nSPS) is 40.7. The molecule has 4 aliphatic carbocycles. The number of halogens is 1. The molecule has 1 aromatic rings. The first kappa shape index (κ1) is 29.5. The molecule has 6 rings (SSSR count). The van der Waals surface area contributed by atoms with Gasteiger partial charge in [-0.1, -0.05) is 19.9 Å². The van der Waals surface area contributed by atoms with Crippen LogP contribution in [0.2, 0.25) is 0 Å². The van der Waals surface area contributed by atoms with Crippen LogP contribution >= 0.6 is 0 Å². The maximum Gasteiger partial charge on any atom is 0.412 e. The van der Waals surface area contributed by atoms with Gasteiger partial charge in [0.05, 0.1) is 11.7 Å². The fraction of sp³-hybridized carbons (Fsp3) is 0.576. The van der Waals surface area contributed by atoms with Gasteiger partial charge in [0.2, 0.25) is 5.60 Å². The molecule has 4 fully saturated rings. The Kier molecular flexibility index (Phi) is 6.34. The van der Waals surface area contributed by atoms with Crippen molar-refractivity contribution < 1.29 is 42.9 Å². The van der Waals surface area contributed by atoms with Gasteiger partial charge in [0.1, 0.15) is 17.4 Å². The molecule has 9 atom stereocenters. The van der Waals surface area contributed by atoms with E-state index in [1.807, 2.05) is 13.8 Å².